The molecule has 27 heavy (non-hydrogen) atoms. The highest BCUT2D eigenvalue weighted by atomic mass is 19.4. The smallest absolute Gasteiger partial charge is 0.288 e. The standard InChI is InChI=1S/C18H16F3N3O3/c1-11-9-12(16(25)23-27)7-8-13(11)10-22-24(2)17(26)14-5-3-4-6-15(14)18(19,20)21/h3-10,27H,1-2H3,(H,23,25). The van der Waals surface area contributed by atoms with Crippen LogP contribution in [0.25, 0.3) is 0 Å². The number of hydroxylamine groups is 1. The Labute approximate surface area is 152 Å². The van der Waals surface area contributed by atoms with E-state index >= 15 is 0 Å². The van der Waals surface area contributed by atoms with Gasteiger partial charge in [0.2, 0.25) is 0 Å². The Bertz CT molecular complexity index is 895. The maximum absolute atomic E-state index is 13.0. The number of aryl methyl sites for hydroxylation is 1. The van der Waals surface area contributed by atoms with Gasteiger partial charge in [-0.15, -0.1) is 0 Å². The first-order chi connectivity index (χ1) is 12.6. The molecule has 2 aromatic carbocycles. The minimum absolute atomic E-state index is 0.218. The van der Waals surface area contributed by atoms with Gasteiger partial charge in [0.1, 0.15) is 0 Å². The summed E-state index contributed by atoms with van der Waals surface area (Å²) < 4.78 is 39.1. The molecule has 2 aromatic rings. The van der Waals surface area contributed by atoms with Gasteiger partial charge in [-0.25, -0.2) is 10.5 Å². The number of hydrogen-bond acceptors (Lipinski definition) is 4. The van der Waals surface area contributed by atoms with Gasteiger partial charge >= 0.3 is 6.18 Å². The second kappa shape index (κ2) is 8.00. The average Bonchev–Trinajstić information content (AvgIpc) is 2.64. The van der Waals surface area contributed by atoms with Crippen molar-refractivity contribution in [1.29, 1.82) is 0 Å². The number of halogens is 3. The van der Waals surface area contributed by atoms with E-state index in [0.29, 0.717) is 11.1 Å². The molecule has 0 unspecified atom stereocenters. The Hall–Kier alpha value is -3.20. The van der Waals surface area contributed by atoms with Crippen molar-refractivity contribution in [3.05, 3.63) is 70.3 Å². The van der Waals surface area contributed by atoms with Gasteiger partial charge in [0.05, 0.1) is 17.3 Å². The summed E-state index contributed by atoms with van der Waals surface area (Å²) in [6.45, 7) is 1.68. The quantitative estimate of drug-likeness (QED) is 0.486. The second-order valence-corrected chi connectivity index (χ2v) is 5.63. The normalized spacial score (nSPS) is 11.5. The fourth-order valence-electron chi connectivity index (χ4n) is 2.32. The molecule has 0 saturated carbocycles. The highest BCUT2D eigenvalue weighted by Gasteiger charge is 2.35. The SMILES string of the molecule is Cc1cc(C(=O)NO)ccc1C=NN(C)C(=O)c1ccccc1C(F)(F)F. The molecule has 0 aliphatic heterocycles. The van der Waals surface area contributed by atoms with Crippen molar-refractivity contribution in [1.82, 2.24) is 10.5 Å². The lowest BCUT2D eigenvalue weighted by atomic mass is 10.1. The number of nitrogens with one attached hydrogen (secondary N) is 1. The fourth-order valence-corrected chi connectivity index (χ4v) is 2.32. The van der Waals surface area contributed by atoms with Crippen molar-refractivity contribution in [3.63, 3.8) is 0 Å². The number of benzene rings is 2. The maximum atomic E-state index is 13.0. The largest absolute Gasteiger partial charge is 0.417 e. The molecule has 0 aliphatic carbocycles. The number of amides is 2. The van der Waals surface area contributed by atoms with Crippen LogP contribution in [0.3, 0.4) is 0 Å². The predicted octanol–water partition coefficient (Wildman–Crippen LogP) is 3.24. The first-order valence-corrected chi connectivity index (χ1v) is 7.68. The molecule has 0 aliphatic rings. The van der Waals surface area contributed by atoms with Gasteiger partial charge in [-0.2, -0.15) is 18.3 Å². The van der Waals surface area contributed by atoms with Crippen LogP contribution in [0.4, 0.5) is 13.2 Å². The first-order valence-electron chi connectivity index (χ1n) is 7.68. The van der Waals surface area contributed by atoms with Crippen LogP contribution >= 0.6 is 0 Å². The molecule has 0 radical (unpaired) electrons. The number of nitrogens with zero attached hydrogens (tertiary/aromatic N) is 2. The first kappa shape index (κ1) is 20.1. The van der Waals surface area contributed by atoms with Gasteiger partial charge in [0.15, 0.2) is 0 Å². The zero-order valence-electron chi connectivity index (χ0n) is 14.4. The third-order valence-corrected chi connectivity index (χ3v) is 3.76. The average molecular weight is 379 g/mol. The minimum atomic E-state index is -4.66. The molecule has 0 spiro atoms. The zero-order valence-corrected chi connectivity index (χ0v) is 14.4. The van der Waals surface area contributed by atoms with Crippen LogP contribution in [0.1, 0.15) is 37.4 Å². The van der Waals surface area contributed by atoms with Gasteiger partial charge in [0, 0.05) is 12.6 Å². The number of carbonyl (C=O) groups is 2. The molecule has 2 rings (SSSR count). The van der Waals surface area contributed by atoms with Gasteiger partial charge in [-0.05, 0) is 42.3 Å². The Morgan fingerprint density at radius 2 is 1.85 bits per heavy atom. The molecule has 2 amide bonds. The highest BCUT2D eigenvalue weighted by molar-refractivity contribution is 5.97. The van der Waals surface area contributed by atoms with Crippen molar-refractivity contribution in [2.24, 2.45) is 5.10 Å². The van der Waals surface area contributed by atoms with E-state index < -0.39 is 29.1 Å². The van der Waals surface area contributed by atoms with Gasteiger partial charge in [-0.1, -0.05) is 18.2 Å². The number of carbonyl (C=O) groups excluding carboxylic acids is 2. The van der Waals surface area contributed by atoms with E-state index in [4.69, 9.17) is 5.21 Å². The number of alkyl halides is 3. The third-order valence-electron chi connectivity index (χ3n) is 3.76. The maximum Gasteiger partial charge on any atom is 0.417 e. The number of rotatable bonds is 4. The van der Waals surface area contributed by atoms with Gasteiger partial charge < -0.3 is 0 Å². The van der Waals surface area contributed by atoms with Crippen molar-refractivity contribution in [2.45, 2.75) is 13.1 Å². The molecule has 0 atom stereocenters. The molecule has 0 bridgehead atoms. The molecule has 0 fully saturated rings. The summed E-state index contributed by atoms with van der Waals surface area (Å²) in [7, 11) is 1.24. The lowest BCUT2D eigenvalue weighted by molar-refractivity contribution is -0.138. The zero-order chi connectivity index (χ0) is 20.2. The second-order valence-electron chi connectivity index (χ2n) is 5.63. The number of hydrazone groups is 1. The molecule has 0 saturated heterocycles. The van der Waals surface area contributed by atoms with Crippen molar-refractivity contribution in [3.8, 4) is 0 Å². The predicted molar refractivity (Wildman–Crippen MR) is 91.6 cm³/mol. The van der Waals surface area contributed by atoms with Crippen LogP contribution in [0.15, 0.2) is 47.6 Å². The van der Waals surface area contributed by atoms with Crippen LogP contribution in [-0.2, 0) is 6.18 Å². The number of hydrogen-bond donors (Lipinski definition) is 2. The summed E-state index contributed by atoms with van der Waals surface area (Å²) in [6, 6.07) is 8.93. The summed E-state index contributed by atoms with van der Waals surface area (Å²) in [5, 5.41) is 13.3. The van der Waals surface area contributed by atoms with Crippen LogP contribution < -0.4 is 5.48 Å². The molecular formula is C18H16F3N3O3. The molecule has 9 heteroatoms. The lowest BCUT2D eigenvalue weighted by Gasteiger charge is -2.16. The van der Waals surface area contributed by atoms with E-state index in [2.05, 4.69) is 5.10 Å². The van der Waals surface area contributed by atoms with Gasteiger partial charge in [0.25, 0.3) is 11.8 Å². The van der Waals surface area contributed by atoms with E-state index in [0.717, 1.165) is 17.1 Å². The summed E-state index contributed by atoms with van der Waals surface area (Å²) in [5.74, 6) is -1.59. The highest BCUT2D eigenvalue weighted by Crippen LogP contribution is 2.32. The Morgan fingerprint density at radius 3 is 2.44 bits per heavy atom. The summed E-state index contributed by atoms with van der Waals surface area (Å²) in [4.78, 5) is 23.7. The van der Waals surface area contributed by atoms with E-state index in [9.17, 15) is 22.8 Å². The molecular weight excluding hydrogens is 363 g/mol. The minimum Gasteiger partial charge on any atom is -0.288 e. The van der Waals surface area contributed by atoms with Crippen molar-refractivity contribution < 1.29 is 28.0 Å². The molecule has 6 nitrogen and oxygen atoms in total. The molecule has 2 N–H and O–H groups in total. The summed E-state index contributed by atoms with van der Waals surface area (Å²) in [5.41, 5.74) is 1.36. The molecule has 0 aromatic heterocycles. The Kier molecular flexibility index (Phi) is 5.96. The Morgan fingerprint density at radius 1 is 1.19 bits per heavy atom. The Balaban J connectivity index is 2.24. The topological polar surface area (TPSA) is 82.0 Å². The van der Waals surface area contributed by atoms with Crippen molar-refractivity contribution >= 4 is 18.0 Å². The van der Waals surface area contributed by atoms with Crippen LogP contribution in [0.2, 0.25) is 0 Å². The molecule has 142 valence electrons. The fraction of sp³-hybridized carbons (Fsp3) is 0.167. The monoisotopic (exact) mass is 379 g/mol. The summed E-state index contributed by atoms with van der Waals surface area (Å²) >= 11 is 0. The molecule has 0 heterocycles. The van der Waals surface area contributed by atoms with E-state index in [1.807, 2.05) is 0 Å². The third kappa shape index (κ3) is 4.70. The van der Waals surface area contributed by atoms with Crippen molar-refractivity contribution in [2.75, 3.05) is 7.05 Å². The van der Waals surface area contributed by atoms with Gasteiger partial charge in [-0.3, -0.25) is 14.8 Å². The van der Waals surface area contributed by atoms with E-state index in [1.54, 1.807) is 6.92 Å². The lowest BCUT2D eigenvalue weighted by Crippen LogP contribution is -2.24. The van der Waals surface area contributed by atoms with Crippen LogP contribution in [0, 0.1) is 6.92 Å². The van der Waals surface area contributed by atoms with Crippen LogP contribution in [0.5, 0.6) is 0 Å². The van der Waals surface area contributed by atoms with E-state index in [1.165, 1.54) is 49.1 Å². The summed E-state index contributed by atoms with van der Waals surface area (Å²) in [6.07, 6.45) is -3.36. The van der Waals surface area contributed by atoms with E-state index in [-0.39, 0.29) is 5.56 Å². The van der Waals surface area contributed by atoms with Crippen LogP contribution in [-0.4, -0.2) is 35.3 Å².